The molecule has 1 rings (SSSR count). The Bertz CT molecular complexity index is 519. The van der Waals surface area contributed by atoms with Gasteiger partial charge in [-0.1, -0.05) is 0 Å². The maximum atomic E-state index is 11.6. The molecule has 1 heterocycles. The quantitative estimate of drug-likeness (QED) is 0.609. The van der Waals surface area contributed by atoms with E-state index in [1.54, 1.807) is 38.6 Å². The van der Waals surface area contributed by atoms with Gasteiger partial charge < -0.3 is 20.5 Å². The van der Waals surface area contributed by atoms with Crippen LogP contribution in [0.1, 0.15) is 44.5 Å². The van der Waals surface area contributed by atoms with Crippen molar-refractivity contribution in [2.24, 2.45) is 0 Å². The number of nitrogens with one attached hydrogen (secondary N) is 1. The van der Waals surface area contributed by atoms with Gasteiger partial charge in [0.15, 0.2) is 5.82 Å². The topological polar surface area (TPSA) is 108 Å². The summed E-state index contributed by atoms with van der Waals surface area (Å²) in [6, 6.07) is 0. The second-order valence-corrected chi connectivity index (χ2v) is 5.69. The molecule has 0 aromatic carbocycles. The van der Waals surface area contributed by atoms with Crippen LogP contribution in [-0.4, -0.2) is 40.6 Å². The van der Waals surface area contributed by atoms with Crippen molar-refractivity contribution in [1.82, 2.24) is 15.1 Å². The molecule has 0 aliphatic carbocycles. The third-order valence-electron chi connectivity index (χ3n) is 2.52. The van der Waals surface area contributed by atoms with Crippen LogP contribution in [0.2, 0.25) is 0 Å². The summed E-state index contributed by atoms with van der Waals surface area (Å²) in [6.45, 7) is 8.36. The number of aromatic nitrogens is 2. The van der Waals surface area contributed by atoms with Crippen LogP contribution in [0.3, 0.4) is 0 Å². The first-order valence-corrected chi connectivity index (χ1v) is 7.20. The van der Waals surface area contributed by atoms with Gasteiger partial charge in [0.1, 0.15) is 11.2 Å². The standard InChI is InChI=1S/C14H24N4O4/c1-5-21-12(19)10-9-18(17-11(10)15)8-6-7-16-13(20)22-14(2,3)4/h9H,5-8H2,1-4H3,(H2,15,17)(H,16,20). The second-order valence-electron chi connectivity index (χ2n) is 5.69. The monoisotopic (exact) mass is 312 g/mol. The highest BCUT2D eigenvalue weighted by Gasteiger charge is 2.16. The highest BCUT2D eigenvalue weighted by atomic mass is 16.6. The van der Waals surface area contributed by atoms with Crippen LogP contribution in [0.5, 0.6) is 0 Å². The molecule has 0 bridgehead atoms. The maximum Gasteiger partial charge on any atom is 0.407 e. The number of hydrogen-bond donors (Lipinski definition) is 2. The second kappa shape index (κ2) is 7.67. The van der Waals surface area contributed by atoms with Crippen LogP contribution in [0, 0.1) is 0 Å². The van der Waals surface area contributed by atoms with Crippen molar-refractivity contribution in [3.8, 4) is 0 Å². The SMILES string of the molecule is CCOC(=O)c1cn(CCCNC(=O)OC(C)(C)C)nc1N. The van der Waals surface area contributed by atoms with Crippen molar-refractivity contribution in [2.75, 3.05) is 18.9 Å². The predicted octanol–water partition coefficient (Wildman–Crippen LogP) is 1.56. The number of anilines is 1. The molecule has 0 fully saturated rings. The summed E-state index contributed by atoms with van der Waals surface area (Å²) in [4.78, 5) is 23.1. The number of nitrogen functional groups attached to an aromatic ring is 1. The Morgan fingerprint density at radius 3 is 2.68 bits per heavy atom. The van der Waals surface area contributed by atoms with Gasteiger partial charge in [0.25, 0.3) is 0 Å². The lowest BCUT2D eigenvalue weighted by atomic mass is 10.2. The molecule has 124 valence electrons. The molecule has 0 spiro atoms. The van der Waals surface area contributed by atoms with Crippen LogP contribution in [0.15, 0.2) is 6.20 Å². The zero-order valence-corrected chi connectivity index (χ0v) is 13.5. The van der Waals surface area contributed by atoms with Gasteiger partial charge >= 0.3 is 12.1 Å². The third-order valence-corrected chi connectivity index (χ3v) is 2.52. The highest BCUT2D eigenvalue weighted by Crippen LogP contribution is 2.11. The molecule has 0 radical (unpaired) electrons. The lowest BCUT2D eigenvalue weighted by molar-refractivity contribution is 0.0517. The minimum atomic E-state index is -0.519. The summed E-state index contributed by atoms with van der Waals surface area (Å²) < 4.78 is 11.6. The van der Waals surface area contributed by atoms with E-state index in [-0.39, 0.29) is 18.0 Å². The molecule has 8 nitrogen and oxygen atoms in total. The van der Waals surface area contributed by atoms with E-state index in [2.05, 4.69) is 10.4 Å². The Morgan fingerprint density at radius 2 is 2.09 bits per heavy atom. The van der Waals surface area contributed by atoms with Gasteiger partial charge in [0.2, 0.25) is 0 Å². The van der Waals surface area contributed by atoms with Gasteiger partial charge in [-0.15, -0.1) is 0 Å². The van der Waals surface area contributed by atoms with E-state index >= 15 is 0 Å². The largest absolute Gasteiger partial charge is 0.462 e. The number of carbonyl (C=O) groups is 2. The number of carbonyl (C=O) groups excluding carboxylic acids is 2. The fourth-order valence-electron chi connectivity index (χ4n) is 1.66. The Hall–Kier alpha value is -2.25. The number of rotatable bonds is 6. The Morgan fingerprint density at radius 1 is 1.41 bits per heavy atom. The van der Waals surface area contributed by atoms with E-state index in [0.717, 1.165) is 0 Å². The maximum absolute atomic E-state index is 11.6. The van der Waals surface area contributed by atoms with E-state index in [1.807, 2.05) is 0 Å². The molecule has 0 unspecified atom stereocenters. The number of nitrogens with two attached hydrogens (primary N) is 1. The van der Waals surface area contributed by atoms with Crippen LogP contribution in [-0.2, 0) is 16.0 Å². The van der Waals surface area contributed by atoms with E-state index in [4.69, 9.17) is 15.2 Å². The summed E-state index contributed by atoms with van der Waals surface area (Å²) in [5.74, 6) is -0.350. The van der Waals surface area contributed by atoms with Crippen molar-refractivity contribution >= 4 is 17.9 Å². The van der Waals surface area contributed by atoms with Crippen molar-refractivity contribution in [2.45, 2.75) is 46.3 Å². The van der Waals surface area contributed by atoms with Crippen LogP contribution in [0.4, 0.5) is 10.6 Å². The van der Waals surface area contributed by atoms with Crippen LogP contribution >= 0.6 is 0 Å². The molecular weight excluding hydrogens is 288 g/mol. The first kappa shape index (κ1) is 17.8. The minimum absolute atomic E-state index is 0.138. The average molecular weight is 312 g/mol. The van der Waals surface area contributed by atoms with Gasteiger partial charge in [-0.3, -0.25) is 4.68 Å². The molecule has 0 saturated carbocycles. The fraction of sp³-hybridized carbons (Fsp3) is 0.643. The summed E-state index contributed by atoms with van der Waals surface area (Å²) in [5, 5.41) is 6.69. The van der Waals surface area contributed by atoms with Crippen LogP contribution < -0.4 is 11.1 Å². The molecule has 1 aromatic heterocycles. The lowest BCUT2D eigenvalue weighted by Crippen LogP contribution is -2.33. The zero-order valence-electron chi connectivity index (χ0n) is 13.5. The van der Waals surface area contributed by atoms with E-state index < -0.39 is 17.7 Å². The number of hydrogen-bond acceptors (Lipinski definition) is 6. The summed E-state index contributed by atoms with van der Waals surface area (Å²) in [7, 11) is 0. The van der Waals surface area contributed by atoms with Gasteiger partial charge in [-0.25, -0.2) is 9.59 Å². The summed E-state index contributed by atoms with van der Waals surface area (Å²) in [6.07, 6.45) is 1.71. The zero-order chi connectivity index (χ0) is 16.8. The van der Waals surface area contributed by atoms with E-state index in [0.29, 0.717) is 19.5 Å². The number of ether oxygens (including phenoxy) is 2. The van der Waals surface area contributed by atoms with Gasteiger partial charge in [0, 0.05) is 19.3 Å². The number of amides is 1. The van der Waals surface area contributed by atoms with Gasteiger partial charge in [0.05, 0.1) is 6.61 Å². The molecule has 0 saturated heterocycles. The van der Waals surface area contributed by atoms with Crippen molar-refractivity contribution < 1.29 is 19.1 Å². The predicted molar refractivity (Wildman–Crippen MR) is 81.4 cm³/mol. The normalized spacial score (nSPS) is 11.1. The molecule has 1 amide bonds. The molecule has 1 aromatic rings. The number of alkyl carbamates (subject to hydrolysis) is 1. The molecule has 0 aliphatic rings. The van der Waals surface area contributed by atoms with Crippen molar-refractivity contribution in [3.05, 3.63) is 11.8 Å². The van der Waals surface area contributed by atoms with E-state index in [9.17, 15) is 9.59 Å². The Balaban J connectivity index is 2.38. The van der Waals surface area contributed by atoms with Crippen molar-refractivity contribution in [3.63, 3.8) is 0 Å². The summed E-state index contributed by atoms with van der Waals surface area (Å²) in [5.41, 5.74) is 5.40. The summed E-state index contributed by atoms with van der Waals surface area (Å²) >= 11 is 0. The third kappa shape index (κ3) is 6.02. The van der Waals surface area contributed by atoms with Crippen LogP contribution in [0.25, 0.3) is 0 Å². The number of esters is 1. The molecule has 0 atom stereocenters. The van der Waals surface area contributed by atoms with Crippen molar-refractivity contribution in [1.29, 1.82) is 0 Å². The smallest absolute Gasteiger partial charge is 0.407 e. The Labute approximate surface area is 129 Å². The Kier molecular flexibility index (Phi) is 6.21. The lowest BCUT2D eigenvalue weighted by Gasteiger charge is -2.19. The molecule has 3 N–H and O–H groups in total. The first-order valence-electron chi connectivity index (χ1n) is 7.20. The molecule has 8 heteroatoms. The number of aryl methyl sites for hydroxylation is 1. The molecular formula is C14H24N4O4. The fourth-order valence-corrected chi connectivity index (χ4v) is 1.66. The average Bonchev–Trinajstić information content (AvgIpc) is 2.74. The molecule has 0 aliphatic heterocycles. The minimum Gasteiger partial charge on any atom is -0.462 e. The number of nitrogens with zero attached hydrogens (tertiary/aromatic N) is 2. The van der Waals surface area contributed by atoms with E-state index in [1.165, 1.54) is 0 Å². The highest BCUT2D eigenvalue weighted by molar-refractivity contribution is 5.93. The molecule has 22 heavy (non-hydrogen) atoms. The van der Waals surface area contributed by atoms with Gasteiger partial charge in [-0.2, -0.15) is 5.10 Å². The first-order chi connectivity index (χ1) is 10.2. The van der Waals surface area contributed by atoms with Gasteiger partial charge in [-0.05, 0) is 34.1 Å².